The van der Waals surface area contributed by atoms with Gasteiger partial charge in [0.05, 0.1) is 5.60 Å². The summed E-state index contributed by atoms with van der Waals surface area (Å²) in [6, 6.07) is -0.185. The second kappa shape index (κ2) is 7.27. The zero-order valence-corrected chi connectivity index (χ0v) is 14.2. The van der Waals surface area contributed by atoms with Gasteiger partial charge >= 0.3 is 6.03 Å². The lowest BCUT2D eigenvalue weighted by atomic mass is 9.79. The Labute approximate surface area is 124 Å². The highest BCUT2D eigenvalue weighted by Crippen LogP contribution is 2.33. The van der Waals surface area contributed by atoms with Gasteiger partial charge in [-0.25, -0.2) is 4.79 Å². The molecule has 0 radical (unpaired) electrons. The molecule has 0 spiro atoms. The molecule has 0 fully saturated rings. The predicted octanol–water partition coefficient (Wildman–Crippen LogP) is 2.25. The Balaban J connectivity index is 4.20. The second-order valence-electron chi connectivity index (χ2n) is 7.41. The number of urea groups is 1. The quantitative estimate of drug-likeness (QED) is 0.672. The van der Waals surface area contributed by atoms with E-state index in [1.807, 2.05) is 13.8 Å². The van der Waals surface area contributed by atoms with Gasteiger partial charge in [-0.05, 0) is 39.5 Å². The summed E-state index contributed by atoms with van der Waals surface area (Å²) in [5.74, 6) is 0. The lowest BCUT2D eigenvalue weighted by Gasteiger charge is -2.39. The molecule has 0 aromatic rings. The molecule has 120 valence electrons. The van der Waals surface area contributed by atoms with Crippen LogP contribution >= 0.6 is 0 Å². The fraction of sp³-hybridized carbons (Fsp3) is 0.933. The average molecular weight is 287 g/mol. The van der Waals surface area contributed by atoms with Gasteiger partial charge in [0.15, 0.2) is 0 Å². The summed E-state index contributed by atoms with van der Waals surface area (Å²) in [4.78, 5) is 11.6. The van der Waals surface area contributed by atoms with E-state index < -0.39 is 0 Å². The van der Waals surface area contributed by atoms with Crippen molar-refractivity contribution in [1.82, 2.24) is 10.6 Å². The van der Waals surface area contributed by atoms with Crippen LogP contribution < -0.4 is 16.4 Å². The Morgan fingerprint density at radius 2 is 1.65 bits per heavy atom. The Kier molecular flexibility index (Phi) is 6.98. The van der Waals surface area contributed by atoms with Crippen LogP contribution in [0.4, 0.5) is 4.79 Å². The van der Waals surface area contributed by atoms with Crippen LogP contribution in [0.25, 0.3) is 0 Å². The van der Waals surface area contributed by atoms with Crippen LogP contribution in [0, 0.1) is 5.41 Å². The van der Waals surface area contributed by atoms with E-state index in [-0.39, 0.29) is 22.6 Å². The van der Waals surface area contributed by atoms with Crippen LogP contribution in [-0.4, -0.2) is 36.9 Å². The Morgan fingerprint density at radius 3 is 2.10 bits per heavy atom. The summed E-state index contributed by atoms with van der Waals surface area (Å²) < 4.78 is 6.00. The number of carbonyl (C=O) groups is 1. The van der Waals surface area contributed by atoms with Gasteiger partial charge < -0.3 is 21.1 Å². The van der Waals surface area contributed by atoms with Crippen molar-refractivity contribution in [2.24, 2.45) is 11.1 Å². The Hall–Kier alpha value is -0.810. The van der Waals surface area contributed by atoms with E-state index in [1.54, 1.807) is 0 Å². The molecule has 0 bridgehead atoms. The molecule has 4 N–H and O–H groups in total. The van der Waals surface area contributed by atoms with Crippen LogP contribution in [0.3, 0.4) is 0 Å². The molecule has 0 aliphatic heterocycles. The molecular formula is C15H33N3O2. The first-order chi connectivity index (χ1) is 8.91. The van der Waals surface area contributed by atoms with Crippen LogP contribution in [0.2, 0.25) is 0 Å². The molecule has 20 heavy (non-hydrogen) atoms. The van der Waals surface area contributed by atoms with Crippen molar-refractivity contribution in [2.75, 3.05) is 19.7 Å². The van der Waals surface area contributed by atoms with Crippen molar-refractivity contribution in [2.45, 2.75) is 66.0 Å². The number of rotatable bonds is 7. The van der Waals surface area contributed by atoms with Crippen molar-refractivity contribution >= 4 is 6.03 Å². The summed E-state index contributed by atoms with van der Waals surface area (Å²) in [6.07, 6.45) is 0.753. The molecule has 0 rings (SSSR count). The van der Waals surface area contributed by atoms with Gasteiger partial charge in [0, 0.05) is 25.2 Å². The van der Waals surface area contributed by atoms with Gasteiger partial charge in [-0.15, -0.1) is 0 Å². The van der Waals surface area contributed by atoms with Crippen molar-refractivity contribution < 1.29 is 9.53 Å². The van der Waals surface area contributed by atoms with Crippen molar-refractivity contribution in [3.63, 3.8) is 0 Å². The molecule has 0 saturated carbocycles. The van der Waals surface area contributed by atoms with Crippen molar-refractivity contribution in [1.29, 1.82) is 0 Å². The SMILES string of the molecule is CC(C)(CCOC(C)(C)C(C)(C)C)NC(=O)NCCN. The lowest BCUT2D eigenvalue weighted by Crippen LogP contribution is -2.50. The average Bonchev–Trinajstić information content (AvgIpc) is 2.23. The largest absolute Gasteiger partial charge is 0.375 e. The topological polar surface area (TPSA) is 76.4 Å². The first-order valence-electron chi connectivity index (χ1n) is 7.31. The van der Waals surface area contributed by atoms with Gasteiger partial charge in [-0.1, -0.05) is 20.8 Å². The molecule has 0 aliphatic carbocycles. The third-order valence-electron chi connectivity index (χ3n) is 3.88. The summed E-state index contributed by atoms with van der Waals surface area (Å²) in [7, 11) is 0. The molecule has 2 amide bonds. The van der Waals surface area contributed by atoms with E-state index in [9.17, 15) is 4.79 Å². The molecule has 5 heteroatoms. The third-order valence-corrected chi connectivity index (χ3v) is 3.88. The molecular weight excluding hydrogens is 254 g/mol. The molecule has 0 unspecified atom stereocenters. The van der Waals surface area contributed by atoms with Crippen LogP contribution in [0.5, 0.6) is 0 Å². The van der Waals surface area contributed by atoms with Gasteiger partial charge in [0.25, 0.3) is 0 Å². The zero-order valence-electron chi connectivity index (χ0n) is 14.2. The van der Waals surface area contributed by atoms with Gasteiger partial charge in [0.1, 0.15) is 0 Å². The maximum Gasteiger partial charge on any atom is 0.315 e. The van der Waals surface area contributed by atoms with E-state index >= 15 is 0 Å². The van der Waals surface area contributed by atoms with E-state index in [1.165, 1.54) is 0 Å². The smallest absolute Gasteiger partial charge is 0.315 e. The molecule has 0 aromatic carbocycles. The van der Waals surface area contributed by atoms with E-state index in [0.717, 1.165) is 6.42 Å². The zero-order chi connectivity index (χ0) is 16.0. The Bertz CT molecular complexity index is 307. The van der Waals surface area contributed by atoms with Crippen molar-refractivity contribution in [3.05, 3.63) is 0 Å². The number of carbonyl (C=O) groups excluding carboxylic acids is 1. The van der Waals surface area contributed by atoms with Crippen LogP contribution in [-0.2, 0) is 4.74 Å². The molecule has 0 aliphatic rings. The van der Waals surface area contributed by atoms with E-state index in [0.29, 0.717) is 19.7 Å². The third kappa shape index (κ3) is 7.10. The minimum Gasteiger partial charge on any atom is -0.375 e. The minimum absolute atomic E-state index is 0.0725. The minimum atomic E-state index is -0.313. The first-order valence-corrected chi connectivity index (χ1v) is 7.31. The number of nitrogens with two attached hydrogens (primary N) is 1. The van der Waals surface area contributed by atoms with E-state index in [2.05, 4.69) is 45.3 Å². The van der Waals surface area contributed by atoms with Crippen molar-refractivity contribution in [3.8, 4) is 0 Å². The summed E-state index contributed by atoms with van der Waals surface area (Å²) >= 11 is 0. The first kappa shape index (κ1) is 19.2. The fourth-order valence-electron chi connectivity index (χ4n) is 1.38. The number of ether oxygens (including phenoxy) is 1. The maximum absolute atomic E-state index is 11.6. The molecule has 0 heterocycles. The van der Waals surface area contributed by atoms with Gasteiger partial charge in [-0.3, -0.25) is 0 Å². The monoisotopic (exact) mass is 287 g/mol. The number of hydrogen-bond donors (Lipinski definition) is 3. The number of nitrogens with one attached hydrogen (secondary N) is 2. The second-order valence-corrected chi connectivity index (χ2v) is 7.41. The van der Waals surface area contributed by atoms with Gasteiger partial charge in [-0.2, -0.15) is 0 Å². The van der Waals surface area contributed by atoms with Gasteiger partial charge in [0.2, 0.25) is 0 Å². The summed E-state index contributed by atoms with van der Waals surface area (Å²) in [6.45, 7) is 16.2. The van der Waals surface area contributed by atoms with Crippen LogP contribution in [0.1, 0.15) is 54.9 Å². The standard InChI is InChI=1S/C15H33N3O2/c1-13(2,3)15(6,7)20-11-8-14(4,5)18-12(19)17-10-9-16/h8-11,16H2,1-7H3,(H2,17,18,19). The van der Waals surface area contributed by atoms with Crippen LogP contribution in [0.15, 0.2) is 0 Å². The highest BCUT2D eigenvalue weighted by atomic mass is 16.5. The number of hydrogen-bond acceptors (Lipinski definition) is 3. The predicted molar refractivity (Wildman–Crippen MR) is 83.8 cm³/mol. The normalized spacial score (nSPS) is 13.2. The summed E-state index contributed by atoms with van der Waals surface area (Å²) in [5.41, 5.74) is 4.90. The highest BCUT2D eigenvalue weighted by molar-refractivity contribution is 5.74. The lowest BCUT2D eigenvalue weighted by molar-refractivity contribution is -0.0942. The Morgan fingerprint density at radius 1 is 1.10 bits per heavy atom. The fourth-order valence-corrected chi connectivity index (χ4v) is 1.38. The summed E-state index contributed by atoms with van der Waals surface area (Å²) in [5, 5.41) is 5.63. The molecule has 0 saturated heterocycles. The molecule has 0 atom stereocenters. The highest BCUT2D eigenvalue weighted by Gasteiger charge is 2.34. The molecule has 5 nitrogen and oxygen atoms in total. The number of amides is 2. The maximum atomic E-state index is 11.6. The molecule has 0 aromatic heterocycles. The van der Waals surface area contributed by atoms with E-state index in [4.69, 9.17) is 10.5 Å².